The second kappa shape index (κ2) is 6.53. The predicted molar refractivity (Wildman–Crippen MR) is 59.6 cm³/mol. The molecule has 1 aromatic rings. The monoisotopic (exact) mass is 211 g/mol. The maximum absolute atomic E-state index is 13.0. The third-order valence-corrected chi connectivity index (χ3v) is 2.33. The Morgan fingerprint density at radius 3 is 2.87 bits per heavy atom. The summed E-state index contributed by atoms with van der Waals surface area (Å²) in [6.45, 7) is 4.38. The van der Waals surface area contributed by atoms with E-state index in [1.807, 2.05) is 6.07 Å². The minimum absolute atomic E-state index is 0.190. The molecule has 3 heteroatoms. The molecule has 1 aromatic carbocycles. The fourth-order valence-corrected chi connectivity index (χ4v) is 1.55. The minimum atomic E-state index is -0.190. The van der Waals surface area contributed by atoms with Crippen LogP contribution >= 0.6 is 0 Å². The first-order chi connectivity index (χ1) is 7.27. The van der Waals surface area contributed by atoms with Crippen LogP contribution in [0.15, 0.2) is 24.3 Å². The zero-order chi connectivity index (χ0) is 11.1. The lowest BCUT2D eigenvalue weighted by molar-refractivity contribution is 0.178. The average molecular weight is 211 g/mol. The Balaban J connectivity index is 2.69. The van der Waals surface area contributed by atoms with Crippen LogP contribution in [0.4, 0.5) is 4.39 Å². The number of rotatable bonds is 6. The van der Waals surface area contributed by atoms with Gasteiger partial charge in [-0.3, -0.25) is 0 Å². The summed E-state index contributed by atoms with van der Waals surface area (Å²) >= 11 is 0. The second-order valence-electron chi connectivity index (χ2n) is 3.51. The summed E-state index contributed by atoms with van der Waals surface area (Å²) in [5.74, 6) is 0.0238. The molecular weight excluding hydrogens is 193 g/mol. The molecule has 0 aromatic heterocycles. The molecule has 0 saturated heterocycles. The summed E-state index contributed by atoms with van der Waals surface area (Å²) in [7, 11) is 1.66. The van der Waals surface area contributed by atoms with Crippen LogP contribution in [0.3, 0.4) is 0 Å². The summed E-state index contributed by atoms with van der Waals surface area (Å²) in [6.07, 6.45) is 0. The number of ether oxygens (including phenoxy) is 1. The molecule has 0 bridgehead atoms. The third-order valence-electron chi connectivity index (χ3n) is 2.33. The molecule has 1 N–H and O–H groups in total. The molecular formula is C12H18FNO. The molecule has 1 atom stereocenters. The highest BCUT2D eigenvalue weighted by Crippen LogP contribution is 2.16. The van der Waals surface area contributed by atoms with Gasteiger partial charge in [0.15, 0.2) is 0 Å². The van der Waals surface area contributed by atoms with Gasteiger partial charge in [0, 0.05) is 19.6 Å². The van der Waals surface area contributed by atoms with E-state index in [2.05, 4.69) is 12.2 Å². The third kappa shape index (κ3) is 3.98. The van der Waals surface area contributed by atoms with Crippen LogP contribution in [0.2, 0.25) is 0 Å². The molecule has 1 unspecified atom stereocenters. The fraction of sp³-hybridized carbons (Fsp3) is 0.500. The first-order valence-corrected chi connectivity index (χ1v) is 5.23. The van der Waals surface area contributed by atoms with E-state index in [1.54, 1.807) is 19.2 Å². The van der Waals surface area contributed by atoms with Gasteiger partial charge in [0.25, 0.3) is 0 Å². The molecule has 0 aliphatic rings. The highest BCUT2D eigenvalue weighted by molar-refractivity contribution is 5.21. The van der Waals surface area contributed by atoms with Crippen LogP contribution in [-0.2, 0) is 4.74 Å². The van der Waals surface area contributed by atoms with Crippen molar-refractivity contribution in [2.24, 2.45) is 0 Å². The Morgan fingerprint density at radius 1 is 1.47 bits per heavy atom. The number of halogens is 1. The first kappa shape index (κ1) is 12.1. The van der Waals surface area contributed by atoms with Crippen LogP contribution < -0.4 is 5.32 Å². The summed E-state index contributed by atoms with van der Waals surface area (Å²) in [4.78, 5) is 0. The van der Waals surface area contributed by atoms with Crippen molar-refractivity contribution in [3.63, 3.8) is 0 Å². The van der Waals surface area contributed by atoms with Crippen LogP contribution in [-0.4, -0.2) is 26.8 Å². The van der Waals surface area contributed by atoms with Gasteiger partial charge in [0.1, 0.15) is 5.82 Å². The van der Waals surface area contributed by atoms with E-state index in [4.69, 9.17) is 4.74 Å². The number of likely N-dealkylation sites (N-methyl/N-ethyl adjacent to an activating group) is 1. The lowest BCUT2D eigenvalue weighted by Crippen LogP contribution is -2.24. The van der Waals surface area contributed by atoms with Gasteiger partial charge in [-0.2, -0.15) is 0 Å². The first-order valence-electron chi connectivity index (χ1n) is 5.23. The number of benzene rings is 1. The molecule has 0 radical (unpaired) electrons. The van der Waals surface area contributed by atoms with Crippen LogP contribution in [0, 0.1) is 5.82 Å². The summed E-state index contributed by atoms with van der Waals surface area (Å²) in [5.41, 5.74) is 0.984. The number of hydrogen-bond acceptors (Lipinski definition) is 2. The second-order valence-corrected chi connectivity index (χ2v) is 3.51. The van der Waals surface area contributed by atoms with E-state index in [-0.39, 0.29) is 11.7 Å². The molecule has 1 rings (SSSR count). The highest BCUT2D eigenvalue weighted by atomic mass is 19.1. The zero-order valence-corrected chi connectivity index (χ0v) is 9.29. The Labute approximate surface area is 90.4 Å². The van der Waals surface area contributed by atoms with Crippen LogP contribution in [0.5, 0.6) is 0 Å². The van der Waals surface area contributed by atoms with Gasteiger partial charge in [-0.15, -0.1) is 0 Å². The molecule has 0 fully saturated rings. The van der Waals surface area contributed by atoms with E-state index < -0.39 is 0 Å². The van der Waals surface area contributed by atoms with Crippen molar-refractivity contribution in [2.75, 3.05) is 26.8 Å². The van der Waals surface area contributed by atoms with Gasteiger partial charge in [-0.25, -0.2) is 4.39 Å². The topological polar surface area (TPSA) is 21.3 Å². The standard InChI is InChI=1S/C12H18FNO/c1-3-14-8-11(9-15-2)10-5-4-6-12(13)7-10/h4-7,11,14H,3,8-9H2,1-2H3. The highest BCUT2D eigenvalue weighted by Gasteiger charge is 2.11. The molecule has 0 spiro atoms. The fourth-order valence-electron chi connectivity index (χ4n) is 1.55. The lowest BCUT2D eigenvalue weighted by atomic mass is 10.00. The smallest absolute Gasteiger partial charge is 0.123 e. The maximum Gasteiger partial charge on any atom is 0.123 e. The summed E-state index contributed by atoms with van der Waals surface area (Å²) in [5, 5.41) is 3.25. The zero-order valence-electron chi connectivity index (χ0n) is 9.29. The van der Waals surface area contributed by atoms with Crippen molar-refractivity contribution in [3.05, 3.63) is 35.6 Å². The van der Waals surface area contributed by atoms with E-state index in [9.17, 15) is 4.39 Å². The molecule has 0 saturated carbocycles. The Kier molecular flexibility index (Phi) is 5.29. The van der Waals surface area contributed by atoms with E-state index in [1.165, 1.54) is 6.07 Å². The summed E-state index contributed by atoms with van der Waals surface area (Å²) < 4.78 is 18.2. The largest absolute Gasteiger partial charge is 0.384 e. The van der Waals surface area contributed by atoms with Crippen LogP contribution in [0.1, 0.15) is 18.4 Å². The Bertz CT molecular complexity index is 291. The van der Waals surface area contributed by atoms with Gasteiger partial charge < -0.3 is 10.1 Å². The number of nitrogens with one attached hydrogen (secondary N) is 1. The van der Waals surface area contributed by atoms with Crippen molar-refractivity contribution >= 4 is 0 Å². The number of hydrogen-bond donors (Lipinski definition) is 1. The lowest BCUT2D eigenvalue weighted by Gasteiger charge is -2.16. The van der Waals surface area contributed by atoms with E-state index in [0.29, 0.717) is 6.61 Å². The van der Waals surface area contributed by atoms with Crippen molar-refractivity contribution in [3.8, 4) is 0 Å². The Morgan fingerprint density at radius 2 is 2.27 bits per heavy atom. The quantitative estimate of drug-likeness (QED) is 0.778. The molecule has 0 heterocycles. The molecule has 2 nitrogen and oxygen atoms in total. The van der Waals surface area contributed by atoms with Gasteiger partial charge in [-0.1, -0.05) is 19.1 Å². The van der Waals surface area contributed by atoms with Crippen molar-refractivity contribution < 1.29 is 9.13 Å². The van der Waals surface area contributed by atoms with Crippen molar-refractivity contribution in [2.45, 2.75) is 12.8 Å². The van der Waals surface area contributed by atoms with Gasteiger partial charge in [0.2, 0.25) is 0 Å². The SMILES string of the molecule is CCNCC(COC)c1cccc(F)c1. The molecule has 0 aliphatic heterocycles. The van der Waals surface area contributed by atoms with Gasteiger partial charge in [-0.05, 0) is 24.2 Å². The predicted octanol–water partition coefficient (Wildman–Crippen LogP) is 2.17. The molecule has 0 amide bonds. The normalized spacial score (nSPS) is 12.7. The van der Waals surface area contributed by atoms with Gasteiger partial charge in [0.05, 0.1) is 6.61 Å². The molecule has 84 valence electrons. The van der Waals surface area contributed by atoms with Gasteiger partial charge >= 0.3 is 0 Å². The molecule has 0 aliphatic carbocycles. The van der Waals surface area contributed by atoms with Crippen LogP contribution in [0.25, 0.3) is 0 Å². The number of methoxy groups -OCH3 is 1. The van der Waals surface area contributed by atoms with Crippen molar-refractivity contribution in [1.82, 2.24) is 5.32 Å². The Hall–Kier alpha value is -0.930. The average Bonchev–Trinajstić information content (AvgIpc) is 2.24. The minimum Gasteiger partial charge on any atom is -0.384 e. The van der Waals surface area contributed by atoms with E-state index in [0.717, 1.165) is 18.7 Å². The van der Waals surface area contributed by atoms with Crippen molar-refractivity contribution in [1.29, 1.82) is 0 Å². The maximum atomic E-state index is 13.0. The molecule has 15 heavy (non-hydrogen) atoms. The summed E-state index contributed by atoms with van der Waals surface area (Å²) in [6, 6.07) is 6.70. The van der Waals surface area contributed by atoms with E-state index >= 15 is 0 Å².